The van der Waals surface area contributed by atoms with Crippen molar-refractivity contribution in [1.29, 1.82) is 0 Å². The first-order valence-electron chi connectivity index (χ1n) is 2.87. The predicted molar refractivity (Wildman–Crippen MR) is 42.1 cm³/mol. The van der Waals surface area contributed by atoms with E-state index >= 15 is 0 Å². The van der Waals surface area contributed by atoms with Crippen molar-refractivity contribution in [3.8, 4) is 0 Å². The van der Waals surface area contributed by atoms with Gasteiger partial charge in [-0.05, 0) is 6.42 Å². The van der Waals surface area contributed by atoms with Crippen molar-refractivity contribution < 1.29 is 0 Å². The Morgan fingerprint density at radius 3 is 2.33 bits per heavy atom. The van der Waals surface area contributed by atoms with Gasteiger partial charge in [0.15, 0.2) is 0 Å². The van der Waals surface area contributed by atoms with Crippen molar-refractivity contribution in [2.24, 2.45) is 5.73 Å². The van der Waals surface area contributed by atoms with Gasteiger partial charge < -0.3 is 5.73 Å². The van der Waals surface area contributed by atoms with Crippen LogP contribution in [0.3, 0.4) is 0 Å². The fraction of sp³-hybridized carbons (Fsp3) is 0.250. The molecular weight excluding hydrogens is 110 g/mol. The maximum absolute atomic E-state index is 5.30. The minimum atomic E-state index is 0.535. The molecule has 0 amide bonds. The molecule has 0 heterocycles. The first-order valence-corrected chi connectivity index (χ1v) is 2.87. The Kier molecular flexibility index (Phi) is 3.72. The summed E-state index contributed by atoms with van der Waals surface area (Å²) in [5.41, 5.74) is 7.28. The molecule has 0 radical (unpaired) electrons. The van der Waals surface area contributed by atoms with Crippen molar-refractivity contribution in [3.05, 3.63) is 37.0 Å². The molecule has 0 unspecified atom stereocenters. The summed E-state index contributed by atoms with van der Waals surface area (Å²) in [5, 5.41) is 0. The maximum Gasteiger partial charge on any atom is 0.0137 e. The van der Waals surface area contributed by atoms with E-state index in [0.717, 1.165) is 17.6 Å². The lowest BCUT2D eigenvalue weighted by Gasteiger charge is -1.99. The summed E-state index contributed by atoms with van der Waals surface area (Å²) in [6.45, 7) is 11.6. The Morgan fingerprint density at radius 1 is 1.44 bits per heavy atom. The molecule has 0 saturated carbocycles. The van der Waals surface area contributed by atoms with E-state index in [0.29, 0.717) is 6.54 Å². The minimum absolute atomic E-state index is 0.535. The monoisotopic (exact) mass is 123 g/mol. The Bertz CT molecular complexity index is 134. The van der Waals surface area contributed by atoms with E-state index in [9.17, 15) is 0 Å². The fourth-order valence-corrected chi connectivity index (χ4v) is 0.465. The van der Waals surface area contributed by atoms with Crippen LogP contribution in [0.5, 0.6) is 0 Å². The van der Waals surface area contributed by atoms with Crippen molar-refractivity contribution in [3.63, 3.8) is 0 Å². The highest BCUT2D eigenvalue weighted by molar-refractivity contribution is 5.19. The van der Waals surface area contributed by atoms with Gasteiger partial charge in [0, 0.05) is 6.54 Å². The molecule has 9 heavy (non-hydrogen) atoms. The molecular formula is C8H13N. The highest BCUT2D eigenvalue weighted by atomic mass is 14.5. The summed E-state index contributed by atoms with van der Waals surface area (Å²) in [6.07, 6.45) is 2.50. The third kappa shape index (κ3) is 3.74. The molecule has 0 aromatic rings. The third-order valence-electron chi connectivity index (χ3n) is 1.05. The van der Waals surface area contributed by atoms with Crippen molar-refractivity contribution in [1.82, 2.24) is 0 Å². The van der Waals surface area contributed by atoms with Crippen LogP contribution in [0.2, 0.25) is 0 Å². The van der Waals surface area contributed by atoms with Crippen LogP contribution in [0.4, 0.5) is 0 Å². The Hall–Kier alpha value is -0.820. The van der Waals surface area contributed by atoms with Gasteiger partial charge in [0.05, 0.1) is 0 Å². The van der Waals surface area contributed by atoms with Gasteiger partial charge in [0.25, 0.3) is 0 Å². The molecule has 0 aromatic heterocycles. The number of nitrogens with two attached hydrogens (primary N) is 1. The number of hydrogen-bond donors (Lipinski definition) is 1. The fourth-order valence-electron chi connectivity index (χ4n) is 0.465. The van der Waals surface area contributed by atoms with Crippen LogP contribution in [0.25, 0.3) is 0 Å². The van der Waals surface area contributed by atoms with Gasteiger partial charge in [-0.3, -0.25) is 0 Å². The standard InChI is InChI=1S/C8H13N/c1-4-7(2)5-8(3)6-9/h4H,1-3,5-6,9H2. The summed E-state index contributed by atoms with van der Waals surface area (Å²) in [6, 6.07) is 0. The first-order chi connectivity index (χ1) is 4.20. The van der Waals surface area contributed by atoms with E-state index in [4.69, 9.17) is 5.73 Å². The van der Waals surface area contributed by atoms with Crippen LogP contribution in [0, 0.1) is 0 Å². The summed E-state index contributed by atoms with van der Waals surface area (Å²) in [7, 11) is 0. The molecule has 1 heteroatoms. The lowest BCUT2D eigenvalue weighted by molar-refractivity contribution is 1.05. The molecule has 0 fully saturated rings. The largest absolute Gasteiger partial charge is 0.327 e. The summed E-state index contributed by atoms with van der Waals surface area (Å²) < 4.78 is 0. The molecule has 0 rings (SSSR count). The van der Waals surface area contributed by atoms with Gasteiger partial charge in [-0.25, -0.2) is 0 Å². The lowest BCUT2D eigenvalue weighted by atomic mass is 10.1. The molecule has 0 aliphatic heterocycles. The van der Waals surface area contributed by atoms with Gasteiger partial charge >= 0.3 is 0 Å². The van der Waals surface area contributed by atoms with Crippen LogP contribution in [0.1, 0.15) is 6.42 Å². The number of allylic oxidation sites excluding steroid dienone is 2. The zero-order valence-corrected chi connectivity index (χ0v) is 5.69. The molecule has 0 aromatic carbocycles. The summed E-state index contributed by atoms with van der Waals surface area (Å²) in [4.78, 5) is 0. The van der Waals surface area contributed by atoms with Gasteiger partial charge in [-0.1, -0.05) is 37.0 Å². The average Bonchev–Trinajstić information content (AvgIpc) is 1.87. The maximum atomic E-state index is 5.30. The highest BCUT2D eigenvalue weighted by Crippen LogP contribution is 2.05. The molecule has 0 atom stereocenters. The van der Waals surface area contributed by atoms with E-state index in [1.807, 2.05) is 0 Å². The van der Waals surface area contributed by atoms with E-state index in [2.05, 4.69) is 19.7 Å². The van der Waals surface area contributed by atoms with Crippen molar-refractivity contribution in [2.75, 3.05) is 6.54 Å². The van der Waals surface area contributed by atoms with Gasteiger partial charge in [-0.15, -0.1) is 0 Å². The molecule has 0 bridgehead atoms. The van der Waals surface area contributed by atoms with E-state index in [-0.39, 0.29) is 0 Å². The van der Waals surface area contributed by atoms with Crippen molar-refractivity contribution in [2.45, 2.75) is 6.42 Å². The summed E-state index contributed by atoms with van der Waals surface area (Å²) >= 11 is 0. The second-order valence-corrected chi connectivity index (χ2v) is 1.99. The van der Waals surface area contributed by atoms with Crippen LogP contribution in [0.15, 0.2) is 37.0 Å². The molecule has 0 aliphatic rings. The average molecular weight is 123 g/mol. The first kappa shape index (κ1) is 8.18. The molecule has 0 aliphatic carbocycles. The SMILES string of the molecule is C=CC(=C)CC(=C)CN. The van der Waals surface area contributed by atoms with Gasteiger partial charge in [0.2, 0.25) is 0 Å². The van der Waals surface area contributed by atoms with Crippen LogP contribution >= 0.6 is 0 Å². The van der Waals surface area contributed by atoms with Gasteiger partial charge in [0.1, 0.15) is 0 Å². The molecule has 1 nitrogen and oxygen atoms in total. The Morgan fingerprint density at radius 2 is 2.00 bits per heavy atom. The molecule has 2 N–H and O–H groups in total. The van der Waals surface area contributed by atoms with E-state index in [1.165, 1.54) is 0 Å². The third-order valence-corrected chi connectivity index (χ3v) is 1.05. The molecule has 50 valence electrons. The Labute approximate surface area is 56.6 Å². The zero-order valence-electron chi connectivity index (χ0n) is 5.69. The zero-order chi connectivity index (χ0) is 7.28. The predicted octanol–water partition coefficient (Wildman–Crippen LogP) is 1.63. The second-order valence-electron chi connectivity index (χ2n) is 1.99. The molecule has 0 saturated heterocycles. The molecule has 0 spiro atoms. The summed E-state index contributed by atoms with van der Waals surface area (Å²) in [5.74, 6) is 0. The van der Waals surface area contributed by atoms with Crippen LogP contribution in [-0.4, -0.2) is 6.54 Å². The number of rotatable bonds is 4. The van der Waals surface area contributed by atoms with Crippen LogP contribution in [-0.2, 0) is 0 Å². The quantitative estimate of drug-likeness (QED) is 0.446. The van der Waals surface area contributed by atoms with Gasteiger partial charge in [-0.2, -0.15) is 0 Å². The smallest absolute Gasteiger partial charge is 0.0137 e. The Balaban J connectivity index is 3.59. The van der Waals surface area contributed by atoms with E-state index < -0.39 is 0 Å². The normalized spacial score (nSPS) is 8.56. The van der Waals surface area contributed by atoms with Crippen molar-refractivity contribution >= 4 is 0 Å². The topological polar surface area (TPSA) is 26.0 Å². The van der Waals surface area contributed by atoms with Crippen LogP contribution < -0.4 is 5.73 Å². The number of hydrogen-bond acceptors (Lipinski definition) is 1. The lowest BCUT2D eigenvalue weighted by Crippen LogP contribution is -2.01. The second kappa shape index (κ2) is 4.10. The highest BCUT2D eigenvalue weighted by Gasteiger charge is 1.90. The minimum Gasteiger partial charge on any atom is -0.327 e. The van der Waals surface area contributed by atoms with E-state index in [1.54, 1.807) is 6.08 Å².